The summed E-state index contributed by atoms with van der Waals surface area (Å²) in [6.45, 7) is 0. The quantitative estimate of drug-likeness (QED) is 0.874. The van der Waals surface area contributed by atoms with E-state index in [1.54, 1.807) is 0 Å². The molecule has 0 bridgehead atoms. The topological polar surface area (TPSA) is 12.0 Å². The molecule has 5 heteroatoms. The number of anilines is 1. The molecule has 1 N–H and O–H groups in total. The fourth-order valence-electron chi connectivity index (χ4n) is 1.87. The second kappa shape index (κ2) is 4.57. The fraction of sp³-hybridized carbons (Fsp3) is 0.455. The van der Waals surface area contributed by atoms with Gasteiger partial charge in [0, 0.05) is 17.5 Å². The average molecular weight is 247 g/mol. The Kier molecular flexibility index (Phi) is 3.33. The third-order valence-corrected chi connectivity index (χ3v) is 3.34. The summed E-state index contributed by atoms with van der Waals surface area (Å²) in [5.41, 5.74) is -1.85. The average Bonchev–Trinajstić information content (AvgIpc) is 2.57. The summed E-state index contributed by atoms with van der Waals surface area (Å²) in [7, 11) is 0. The molecule has 0 aromatic heterocycles. The lowest BCUT2D eigenvalue weighted by Crippen LogP contribution is -2.17. The van der Waals surface area contributed by atoms with Crippen LogP contribution in [0.5, 0.6) is 0 Å². The normalized spacial score (nSPS) is 19.3. The first kappa shape index (κ1) is 11.6. The number of hydrogen-bond acceptors (Lipinski definition) is 2. The molecule has 1 atom stereocenters. The van der Waals surface area contributed by atoms with Gasteiger partial charge in [0.05, 0.1) is 0 Å². The van der Waals surface area contributed by atoms with Crippen LogP contribution in [0.15, 0.2) is 24.3 Å². The summed E-state index contributed by atoms with van der Waals surface area (Å²) < 4.78 is 35.8. The van der Waals surface area contributed by atoms with Crippen LogP contribution in [0.3, 0.4) is 0 Å². The number of rotatable bonds is 3. The highest BCUT2D eigenvalue weighted by molar-refractivity contribution is 8.00. The van der Waals surface area contributed by atoms with Crippen LogP contribution in [0.4, 0.5) is 18.9 Å². The minimum Gasteiger partial charge on any atom is -0.382 e. The Bertz CT molecular complexity index is 339. The molecule has 1 heterocycles. The first-order valence-corrected chi connectivity index (χ1v) is 6.08. The molecule has 0 saturated carbocycles. The maximum atomic E-state index is 11.9. The van der Waals surface area contributed by atoms with Crippen LogP contribution < -0.4 is 5.32 Å². The summed E-state index contributed by atoms with van der Waals surface area (Å²) in [6.07, 6.45) is 1.37. The van der Waals surface area contributed by atoms with Crippen molar-refractivity contribution in [3.8, 4) is 0 Å². The van der Waals surface area contributed by atoms with E-state index in [0.717, 1.165) is 12.1 Å². The number of alkyl halides is 3. The lowest BCUT2D eigenvalue weighted by molar-refractivity contribution is -0.0328. The predicted molar refractivity (Wildman–Crippen MR) is 60.7 cm³/mol. The second-order valence-corrected chi connectivity index (χ2v) is 4.95. The SMILES string of the molecule is FC(F)(F)SCCC1Cc2ccccc2N1. The smallest absolute Gasteiger partial charge is 0.382 e. The lowest BCUT2D eigenvalue weighted by Gasteiger charge is -2.11. The fourth-order valence-corrected chi connectivity index (χ4v) is 2.50. The van der Waals surface area contributed by atoms with E-state index in [-0.39, 0.29) is 23.6 Å². The minimum atomic E-state index is -4.11. The molecule has 0 aliphatic carbocycles. The molecular weight excluding hydrogens is 235 g/mol. The van der Waals surface area contributed by atoms with Crippen molar-refractivity contribution in [1.29, 1.82) is 0 Å². The minimum absolute atomic E-state index is 0.0591. The second-order valence-electron chi connectivity index (χ2n) is 3.79. The molecule has 0 radical (unpaired) electrons. The summed E-state index contributed by atoms with van der Waals surface area (Å²) in [6, 6.07) is 8.00. The van der Waals surface area contributed by atoms with Crippen LogP contribution in [-0.2, 0) is 6.42 Å². The maximum absolute atomic E-state index is 11.9. The highest BCUT2D eigenvalue weighted by Crippen LogP contribution is 2.32. The summed E-state index contributed by atoms with van der Waals surface area (Å²) in [5, 5.41) is 3.24. The molecule has 1 aliphatic heterocycles. The first-order chi connectivity index (χ1) is 7.54. The third kappa shape index (κ3) is 3.07. The molecule has 0 spiro atoms. The van der Waals surface area contributed by atoms with E-state index in [1.165, 1.54) is 5.56 Å². The third-order valence-electron chi connectivity index (χ3n) is 2.58. The van der Waals surface area contributed by atoms with Gasteiger partial charge >= 0.3 is 5.51 Å². The van der Waals surface area contributed by atoms with Crippen molar-refractivity contribution in [3.05, 3.63) is 29.8 Å². The first-order valence-electron chi connectivity index (χ1n) is 5.10. The van der Waals surface area contributed by atoms with E-state index in [1.807, 2.05) is 24.3 Å². The largest absolute Gasteiger partial charge is 0.441 e. The molecule has 88 valence electrons. The zero-order valence-corrected chi connectivity index (χ0v) is 9.37. The van der Waals surface area contributed by atoms with Crippen molar-refractivity contribution < 1.29 is 13.2 Å². The van der Waals surface area contributed by atoms with Crippen LogP contribution in [0.25, 0.3) is 0 Å². The highest BCUT2D eigenvalue weighted by Gasteiger charge is 2.28. The van der Waals surface area contributed by atoms with E-state index in [2.05, 4.69) is 5.32 Å². The number of halogens is 3. The van der Waals surface area contributed by atoms with Gasteiger partial charge in [-0.1, -0.05) is 30.0 Å². The van der Waals surface area contributed by atoms with Crippen molar-refractivity contribution in [2.24, 2.45) is 0 Å². The number of thioether (sulfide) groups is 1. The molecule has 16 heavy (non-hydrogen) atoms. The molecule has 1 unspecified atom stereocenters. The summed E-state index contributed by atoms with van der Waals surface area (Å²) in [4.78, 5) is 0. The van der Waals surface area contributed by atoms with Crippen molar-refractivity contribution in [1.82, 2.24) is 0 Å². The van der Waals surface area contributed by atoms with Gasteiger partial charge in [-0.05, 0) is 24.5 Å². The Labute approximate surface area is 96.4 Å². The molecule has 2 rings (SSSR count). The lowest BCUT2D eigenvalue weighted by atomic mass is 10.1. The number of nitrogens with one attached hydrogen (secondary N) is 1. The van der Waals surface area contributed by atoms with E-state index in [4.69, 9.17) is 0 Å². The van der Waals surface area contributed by atoms with Crippen LogP contribution in [0.1, 0.15) is 12.0 Å². The van der Waals surface area contributed by atoms with Crippen LogP contribution >= 0.6 is 11.8 Å². The zero-order chi connectivity index (χ0) is 11.6. The Morgan fingerprint density at radius 1 is 1.31 bits per heavy atom. The molecular formula is C11H12F3NS. The van der Waals surface area contributed by atoms with Gasteiger partial charge in [0.2, 0.25) is 0 Å². The van der Waals surface area contributed by atoms with Gasteiger partial charge in [0.1, 0.15) is 0 Å². The molecule has 0 fully saturated rings. The summed E-state index contributed by atoms with van der Waals surface area (Å²) >= 11 is 0.0591. The molecule has 1 aliphatic rings. The van der Waals surface area contributed by atoms with Gasteiger partial charge in [-0.25, -0.2) is 0 Å². The Morgan fingerprint density at radius 3 is 2.75 bits per heavy atom. The molecule has 1 aromatic carbocycles. The summed E-state index contributed by atoms with van der Waals surface area (Å²) in [5.74, 6) is 0.120. The van der Waals surface area contributed by atoms with E-state index < -0.39 is 5.51 Å². The number of hydrogen-bond donors (Lipinski definition) is 1. The van der Waals surface area contributed by atoms with Gasteiger partial charge in [-0.3, -0.25) is 0 Å². The molecule has 1 aromatic rings. The standard InChI is InChI=1S/C11H12F3NS/c12-11(13,14)16-6-5-9-7-8-3-1-2-4-10(8)15-9/h1-4,9,15H,5-7H2. The van der Waals surface area contributed by atoms with E-state index in [0.29, 0.717) is 6.42 Å². The van der Waals surface area contributed by atoms with Crippen LogP contribution in [-0.4, -0.2) is 17.3 Å². The predicted octanol–water partition coefficient (Wildman–Crippen LogP) is 3.67. The monoisotopic (exact) mass is 247 g/mol. The van der Waals surface area contributed by atoms with Gasteiger partial charge in [0.25, 0.3) is 0 Å². The van der Waals surface area contributed by atoms with Gasteiger partial charge in [-0.2, -0.15) is 13.2 Å². The van der Waals surface area contributed by atoms with E-state index >= 15 is 0 Å². The Balaban J connectivity index is 1.79. The van der Waals surface area contributed by atoms with Gasteiger partial charge in [0.15, 0.2) is 0 Å². The van der Waals surface area contributed by atoms with Crippen LogP contribution in [0, 0.1) is 0 Å². The molecule has 0 saturated heterocycles. The number of fused-ring (bicyclic) bond motifs is 1. The van der Waals surface area contributed by atoms with Crippen molar-refractivity contribution in [2.75, 3.05) is 11.1 Å². The van der Waals surface area contributed by atoms with Crippen molar-refractivity contribution in [2.45, 2.75) is 24.4 Å². The van der Waals surface area contributed by atoms with E-state index in [9.17, 15) is 13.2 Å². The molecule has 1 nitrogen and oxygen atoms in total. The highest BCUT2D eigenvalue weighted by atomic mass is 32.2. The molecule has 0 amide bonds. The number of benzene rings is 1. The Hall–Kier alpha value is -0.840. The van der Waals surface area contributed by atoms with Crippen LogP contribution in [0.2, 0.25) is 0 Å². The maximum Gasteiger partial charge on any atom is 0.441 e. The Morgan fingerprint density at radius 2 is 2.06 bits per heavy atom. The zero-order valence-electron chi connectivity index (χ0n) is 8.55. The number of para-hydroxylation sites is 1. The van der Waals surface area contributed by atoms with Gasteiger partial charge < -0.3 is 5.32 Å². The van der Waals surface area contributed by atoms with Crippen molar-refractivity contribution >= 4 is 17.4 Å². The van der Waals surface area contributed by atoms with Gasteiger partial charge in [-0.15, -0.1) is 0 Å². The van der Waals surface area contributed by atoms with Crippen molar-refractivity contribution in [3.63, 3.8) is 0 Å².